The number of carboxylic acids is 2. The Labute approximate surface area is 101 Å². The number of aliphatic carboxylic acids is 2. The van der Waals surface area contributed by atoms with Crippen LogP contribution in [-0.4, -0.2) is 59.9 Å². The molecular formula is C11H21NO5. The summed E-state index contributed by atoms with van der Waals surface area (Å²) < 4.78 is 5.31. The number of rotatable bonds is 11. The van der Waals surface area contributed by atoms with Gasteiger partial charge < -0.3 is 14.9 Å². The van der Waals surface area contributed by atoms with Gasteiger partial charge in [-0.15, -0.1) is 0 Å². The Kier molecular flexibility index (Phi) is 9.37. The van der Waals surface area contributed by atoms with E-state index < -0.39 is 11.9 Å². The molecule has 0 heterocycles. The smallest absolute Gasteiger partial charge is 0.317 e. The zero-order chi connectivity index (χ0) is 13.1. The molecule has 100 valence electrons. The van der Waals surface area contributed by atoms with Crippen LogP contribution in [0.25, 0.3) is 0 Å². The molecule has 6 nitrogen and oxygen atoms in total. The van der Waals surface area contributed by atoms with Crippen molar-refractivity contribution >= 4 is 11.9 Å². The van der Waals surface area contributed by atoms with E-state index in [0.29, 0.717) is 26.2 Å². The molecule has 0 atom stereocenters. The molecule has 0 aliphatic rings. The third-order valence-electron chi connectivity index (χ3n) is 2.12. The minimum absolute atomic E-state index is 0.249. The predicted molar refractivity (Wildman–Crippen MR) is 62.1 cm³/mol. The molecule has 0 amide bonds. The fraction of sp³-hybridized carbons (Fsp3) is 0.818. The number of nitrogens with zero attached hydrogens (tertiary/aromatic N) is 1. The topological polar surface area (TPSA) is 87.1 Å². The largest absolute Gasteiger partial charge is 0.480 e. The van der Waals surface area contributed by atoms with Gasteiger partial charge in [0, 0.05) is 19.8 Å². The maximum Gasteiger partial charge on any atom is 0.317 e. The van der Waals surface area contributed by atoms with E-state index in [4.69, 9.17) is 14.9 Å². The second-order valence-electron chi connectivity index (χ2n) is 3.82. The van der Waals surface area contributed by atoms with E-state index in [9.17, 15) is 9.59 Å². The van der Waals surface area contributed by atoms with Crippen LogP contribution in [0.4, 0.5) is 0 Å². The Morgan fingerprint density at radius 2 is 1.59 bits per heavy atom. The van der Waals surface area contributed by atoms with Gasteiger partial charge in [0.2, 0.25) is 0 Å². The van der Waals surface area contributed by atoms with E-state index in [1.165, 1.54) is 4.90 Å². The van der Waals surface area contributed by atoms with Crippen LogP contribution in [0.1, 0.15) is 26.2 Å². The fourth-order valence-electron chi connectivity index (χ4n) is 1.34. The zero-order valence-electron chi connectivity index (χ0n) is 10.2. The maximum atomic E-state index is 10.5. The molecule has 0 aliphatic carbocycles. The fourth-order valence-corrected chi connectivity index (χ4v) is 1.34. The van der Waals surface area contributed by atoms with E-state index >= 15 is 0 Å². The van der Waals surface area contributed by atoms with Gasteiger partial charge in [0.15, 0.2) is 0 Å². The van der Waals surface area contributed by atoms with Crippen molar-refractivity contribution in [3.8, 4) is 0 Å². The van der Waals surface area contributed by atoms with Crippen LogP contribution >= 0.6 is 0 Å². The number of ether oxygens (including phenoxy) is 1. The molecule has 0 aromatic rings. The zero-order valence-corrected chi connectivity index (χ0v) is 10.2. The molecule has 0 aromatic heterocycles. The van der Waals surface area contributed by atoms with Crippen LogP contribution < -0.4 is 0 Å². The molecule has 2 N–H and O–H groups in total. The molecule has 0 aliphatic heterocycles. The van der Waals surface area contributed by atoms with Gasteiger partial charge in [-0.1, -0.05) is 13.3 Å². The van der Waals surface area contributed by atoms with Crippen molar-refractivity contribution in [3.63, 3.8) is 0 Å². The molecule has 0 rings (SSSR count). The Hall–Kier alpha value is -1.14. The van der Waals surface area contributed by atoms with Gasteiger partial charge in [0.25, 0.3) is 0 Å². The highest BCUT2D eigenvalue weighted by atomic mass is 16.5. The standard InChI is InChI=1S/C11H21NO5/c1-2-3-6-17-7-4-5-12(8-10(13)14)9-11(15)16/h2-9H2,1H3,(H,13,14)(H,15,16). The monoisotopic (exact) mass is 247 g/mol. The first-order chi connectivity index (χ1) is 8.06. The summed E-state index contributed by atoms with van der Waals surface area (Å²) in [6, 6.07) is 0. The van der Waals surface area contributed by atoms with Gasteiger partial charge in [0.1, 0.15) is 0 Å². The van der Waals surface area contributed by atoms with E-state index in [1.807, 2.05) is 0 Å². The highest BCUT2D eigenvalue weighted by Crippen LogP contribution is 1.94. The molecule has 0 unspecified atom stereocenters. The van der Waals surface area contributed by atoms with Gasteiger partial charge in [-0.2, -0.15) is 0 Å². The van der Waals surface area contributed by atoms with Crippen molar-refractivity contribution in [2.45, 2.75) is 26.2 Å². The molecule has 0 bridgehead atoms. The molecule has 0 spiro atoms. The lowest BCUT2D eigenvalue weighted by atomic mass is 10.3. The van der Waals surface area contributed by atoms with Crippen molar-refractivity contribution in [1.82, 2.24) is 4.90 Å². The second kappa shape index (κ2) is 10.0. The first-order valence-electron chi connectivity index (χ1n) is 5.80. The van der Waals surface area contributed by atoms with Crippen molar-refractivity contribution < 1.29 is 24.5 Å². The number of hydrogen-bond acceptors (Lipinski definition) is 4. The van der Waals surface area contributed by atoms with Crippen LogP contribution in [0, 0.1) is 0 Å². The average molecular weight is 247 g/mol. The predicted octanol–water partition coefficient (Wildman–Crippen LogP) is 0.664. The van der Waals surface area contributed by atoms with E-state index in [-0.39, 0.29) is 13.1 Å². The van der Waals surface area contributed by atoms with E-state index in [1.54, 1.807) is 0 Å². The van der Waals surface area contributed by atoms with Gasteiger partial charge in [-0.3, -0.25) is 14.5 Å². The van der Waals surface area contributed by atoms with Crippen LogP contribution in [0.5, 0.6) is 0 Å². The summed E-state index contributed by atoms with van der Waals surface area (Å²) in [7, 11) is 0. The molecule has 0 aromatic carbocycles. The van der Waals surface area contributed by atoms with Crippen LogP contribution in [0.15, 0.2) is 0 Å². The highest BCUT2D eigenvalue weighted by Gasteiger charge is 2.12. The Morgan fingerprint density at radius 3 is 2.06 bits per heavy atom. The van der Waals surface area contributed by atoms with Crippen molar-refractivity contribution in [2.24, 2.45) is 0 Å². The molecule has 17 heavy (non-hydrogen) atoms. The summed E-state index contributed by atoms with van der Waals surface area (Å²) >= 11 is 0. The third kappa shape index (κ3) is 11.1. The van der Waals surface area contributed by atoms with E-state index in [2.05, 4.69) is 6.92 Å². The van der Waals surface area contributed by atoms with Gasteiger partial charge in [-0.25, -0.2) is 0 Å². The van der Waals surface area contributed by atoms with Crippen LogP contribution in [0.2, 0.25) is 0 Å². The third-order valence-corrected chi connectivity index (χ3v) is 2.12. The number of carbonyl (C=O) groups is 2. The summed E-state index contributed by atoms with van der Waals surface area (Å²) in [5.41, 5.74) is 0. The Morgan fingerprint density at radius 1 is 1.06 bits per heavy atom. The number of hydrogen-bond donors (Lipinski definition) is 2. The summed E-state index contributed by atoms with van der Waals surface area (Å²) in [6.45, 7) is 3.24. The maximum absolute atomic E-state index is 10.5. The SMILES string of the molecule is CCCCOCCCN(CC(=O)O)CC(=O)O. The van der Waals surface area contributed by atoms with Crippen molar-refractivity contribution in [3.05, 3.63) is 0 Å². The van der Waals surface area contributed by atoms with Crippen LogP contribution in [0.3, 0.4) is 0 Å². The Bertz CT molecular complexity index is 216. The summed E-state index contributed by atoms with van der Waals surface area (Å²) in [5.74, 6) is -2.03. The van der Waals surface area contributed by atoms with E-state index in [0.717, 1.165) is 12.8 Å². The minimum Gasteiger partial charge on any atom is -0.480 e. The normalized spacial score (nSPS) is 10.7. The molecule has 0 saturated carbocycles. The molecule has 6 heteroatoms. The van der Waals surface area contributed by atoms with Crippen molar-refractivity contribution in [2.75, 3.05) is 32.8 Å². The van der Waals surface area contributed by atoms with Gasteiger partial charge in [-0.05, 0) is 12.8 Å². The Balaban J connectivity index is 3.68. The number of carboxylic acid groups (broad SMARTS) is 2. The summed E-state index contributed by atoms with van der Waals surface area (Å²) in [5, 5.41) is 17.2. The first kappa shape index (κ1) is 15.9. The first-order valence-corrected chi connectivity index (χ1v) is 5.80. The second-order valence-corrected chi connectivity index (χ2v) is 3.82. The summed E-state index contributed by atoms with van der Waals surface area (Å²) in [6.07, 6.45) is 2.72. The number of unbranched alkanes of at least 4 members (excludes halogenated alkanes) is 1. The minimum atomic E-state index is -1.02. The van der Waals surface area contributed by atoms with Gasteiger partial charge in [0.05, 0.1) is 13.1 Å². The lowest BCUT2D eigenvalue weighted by Crippen LogP contribution is -2.35. The average Bonchev–Trinajstić information content (AvgIpc) is 2.21. The van der Waals surface area contributed by atoms with Crippen molar-refractivity contribution in [1.29, 1.82) is 0 Å². The highest BCUT2D eigenvalue weighted by molar-refractivity contribution is 5.72. The summed E-state index contributed by atoms with van der Waals surface area (Å²) in [4.78, 5) is 22.4. The molecule has 0 radical (unpaired) electrons. The van der Waals surface area contributed by atoms with Crippen LogP contribution in [-0.2, 0) is 14.3 Å². The van der Waals surface area contributed by atoms with Gasteiger partial charge >= 0.3 is 11.9 Å². The molecule has 0 fully saturated rings. The lowest BCUT2D eigenvalue weighted by Gasteiger charge is -2.17. The lowest BCUT2D eigenvalue weighted by molar-refractivity contribution is -0.141. The quantitative estimate of drug-likeness (QED) is 0.522. The molecule has 0 saturated heterocycles. The molecular weight excluding hydrogens is 226 g/mol.